The Hall–Kier alpha value is -2.87. The lowest BCUT2D eigenvalue weighted by molar-refractivity contribution is 0.410. The Balaban J connectivity index is 1.57. The number of nitrogens with one attached hydrogen (secondary N) is 3. The zero-order valence-corrected chi connectivity index (χ0v) is 15.7. The van der Waals surface area contributed by atoms with Crippen LogP contribution in [0.1, 0.15) is 25.7 Å². The summed E-state index contributed by atoms with van der Waals surface area (Å²) < 4.78 is 0. The van der Waals surface area contributed by atoms with Crippen LogP contribution in [0.25, 0.3) is 11.2 Å². The molecule has 0 saturated heterocycles. The molecule has 4 rings (SSSR count). The van der Waals surface area contributed by atoms with Crippen molar-refractivity contribution in [3.8, 4) is 0 Å². The van der Waals surface area contributed by atoms with Gasteiger partial charge in [0.2, 0.25) is 5.95 Å². The van der Waals surface area contributed by atoms with E-state index in [4.69, 9.17) is 5.73 Å². The Morgan fingerprint density at radius 3 is 2.52 bits per heavy atom. The molecule has 1 aliphatic carbocycles. The number of imidazole rings is 1. The molecule has 0 unspecified atom stereocenters. The van der Waals surface area contributed by atoms with Gasteiger partial charge in [-0.05, 0) is 49.9 Å². The molecule has 5 N–H and O–H groups in total. The van der Waals surface area contributed by atoms with Crippen molar-refractivity contribution in [1.29, 1.82) is 0 Å². The van der Waals surface area contributed by atoms with Gasteiger partial charge in [-0.15, -0.1) is 0 Å². The largest absolute Gasteiger partial charge is 0.378 e. The topological polar surface area (TPSA) is 108 Å². The summed E-state index contributed by atoms with van der Waals surface area (Å²) in [5.41, 5.74) is 9.55. The summed E-state index contributed by atoms with van der Waals surface area (Å²) in [6.07, 6.45) is 5.80. The van der Waals surface area contributed by atoms with E-state index in [2.05, 4.69) is 47.6 Å². The van der Waals surface area contributed by atoms with Crippen LogP contribution in [0.2, 0.25) is 0 Å². The summed E-state index contributed by atoms with van der Waals surface area (Å²) >= 11 is 0. The minimum atomic E-state index is 0.321. The zero-order valence-electron chi connectivity index (χ0n) is 15.7. The monoisotopic (exact) mass is 366 g/mol. The SMILES string of the molecule is CN(C)c1ccc(Nc2nc(NC3CCC(N)CC3)nc3[nH]cnc23)cc1. The first kappa shape index (κ1) is 17.5. The molecule has 0 radical (unpaired) electrons. The zero-order chi connectivity index (χ0) is 18.8. The predicted octanol–water partition coefficient (Wildman–Crippen LogP) is 2.84. The third-order valence-corrected chi connectivity index (χ3v) is 5.03. The maximum absolute atomic E-state index is 6.00. The second-order valence-electron chi connectivity index (χ2n) is 7.32. The van der Waals surface area contributed by atoms with Gasteiger partial charge in [0.05, 0.1) is 6.33 Å². The van der Waals surface area contributed by atoms with Crippen molar-refractivity contribution in [3.05, 3.63) is 30.6 Å². The normalized spacial score (nSPS) is 19.8. The van der Waals surface area contributed by atoms with E-state index >= 15 is 0 Å². The van der Waals surface area contributed by atoms with Crippen molar-refractivity contribution in [3.63, 3.8) is 0 Å². The number of fused-ring (bicyclic) bond motifs is 1. The molecule has 8 nitrogen and oxygen atoms in total. The molecule has 0 atom stereocenters. The molecule has 1 aliphatic rings. The number of rotatable bonds is 5. The van der Waals surface area contributed by atoms with Gasteiger partial charge in [-0.2, -0.15) is 9.97 Å². The molecule has 3 aromatic rings. The lowest BCUT2D eigenvalue weighted by atomic mass is 9.92. The van der Waals surface area contributed by atoms with Crippen LogP contribution in [-0.2, 0) is 0 Å². The predicted molar refractivity (Wildman–Crippen MR) is 110 cm³/mol. The molecule has 0 spiro atoms. The number of hydrogen-bond donors (Lipinski definition) is 4. The molecule has 27 heavy (non-hydrogen) atoms. The maximum Gasteiger partial charge on any atom is 0.227 e. The first-order valence-electron chi connectivity index (χ1n) is 9.36. The van der Waals surface area contributed by atoms with E-state index in [9.17, 15) is 0 Å². The van der Waals surface area contributed by atoms with E-state index in [-0.39, 0.29) is 0 Å². The molecule has 1 saturated carbocycles. The molecule has 0 amide bonds. The van der Waals surface area contributed by atoms with Crippen LogP contribution in [0.3, 0.4) is 0 Å². The summed E-state index contributed by atoms with van der Waals surface area (Å²) in [5, 5.41) is 6.83. The smallest absolute Gasteiger partial charge is 0.227 e. The van der Waals surface area contributed by atoms with Gasteiger partial charge in [0.25, 0.3) is 0 Å². The summed E-state index contributed by atoms with van der Waals surface area (Å²) in [6, 6.07) is 8.88. The van der Waals surface area contributed by atoms with E-state index in [1.54, 1.807) is 6.33 Å². The number of aromatic nitrogens is 4. The first-order valence-corrected chi connectivity index (χ1v) is 9.36. The van der Waals surface area contributed by atoms with Crippen molar-refractivity contribution < 1.29 is 0 Å². The van der Waals surface area contributed by atoms with Gasteiger partial charge in [0.15, 0.2) is 17.0 Å². The van der Waals surface area contributed by atoms with Crippen LogP contribution >= 0.6 is 0 Å². The maximum atomic E-state index is 6.00. The van der Waals surface area contributed by atoms with E-state index in [1.807, 2.05) is 26.2 Å². The van der Waals surface area contributed by atoms with Crippen LogP contribution in [0.4, 0.5) is 23.1 Å². The third-order valence-electron chi connectivity index (χ3n) is 5.03. The third kappa shape index (κ3) is 3.95. The minimum absolute atomic E-state index is 0.321. The van der Waals surface area contributed by atoms with Crippen LogP contribution in [0.15, 0.2) is 30.6 Å². The number of aromatic amines is 1. The Labute approximate surface area is 158 Å². The van der Waals surface area contributed by atoms with E-state index in [1.165, 1.54) is 0 Å². The van der Waals surface area contributed by atoms with E-state index in [0.717, 1.165) is 42.6 Å². The molecule has 8 heteroatoms. The van der Waals surface area contributed by atoms with Crippen molar-refractivity contribution >= 4 is 34.3 Å². The lowest BCUT2D eigenvalue weighted by Crippen LogP contribution is -2.33. The molecule has 0 aliphatic heterocycles. The fourth-order valence-electron chi connectivity index (χ4n) is 3.41. The molecule has 2 heterocycles. The summed E-state index contributed by atoms with van der Waals surface area (Å²) in [7, 11) is 4.05. The number of anilines is 4. The van der Waals surface area contributed by atoms with Gasteiger partial charge < -0.3 is 26.3 Å². The molecule has 1 aromatic carbocycles. The van der Waals surface area contributed by atoms with Gasteiger partial charge in [-0.3, -0.25) is 0 Å². The van der Waals surface area contributed by atoms with Gasteiger partial charge >= 0.3 is 0 Å². The second-order valence-corrected chi connectivity index (χ2v) is 7.32. The number of benzene rings is 1. The summed E-state index contributed by atoms with van der Waals surface area (Å²) in [4.78, 5) is 18.8. The van der Waals surface area contributed by atoms with E-state index < -0.39 is 0 Å². The fourth-order valence-corrected chi connectivity index (χ4v) is 3.41. The standard InChI is InChI=1S/C19H26N8/c1-27(2)15-9-7-13(8-10-15)23-18-16-17(22-11-21-16)25-19(26-18)24-14-5-3-12(20)4-6-14/h7-12,14H,3-6,20H2,1-2H3,(H3,21,22,23,24,25,26). The number of hydrogen-bond acceptors (Lipinski definition) is 7. The second kappa shape index (κ2) is 7.40. The van der Waals surface area contributed by atoms with Gasteiger partial charge in [-0.1, -0.05) is 0 Å². The first-order chi connectivity index (χ1) is 13.1. The Morgan fingerprint density at radius 1 is 1.07 bits per heavy atom. The minimum Gasteiger partial charge on any atom is -0.378 e. The number of H-pyrrole nitrogens is 1. The van der Waals surface area contributed by atoms with Crippen molar-refractivity contribution in [2.75, 3.05) is 29.6 Å². The van der Waals surface area contributed by atoms with Gasteiger partial charge in [0, 0.05) is 37.6 Å². The highest BCUT2D eigenvalue weighted by Crippen LogP contribution is 2.26. The highest BCUT2D eigenvalue weighted by atomic mass is 15.2. The van der Waals surface area contributed by atoms with Gasteiger partial charge in [-0.25, -0.2) is 4.98 Å². The number of nitrogens with two attached hydrogens (primary N) is 1. The Morgan fingerprint density at radius 2 is 1.81 bits per heavy atom. The number of nitrogens with zero attached hydrogens (tertiary/aromatic N) is 4. The van der Waals surface area contributed by atoms with Crippen LogP contribution in [0.5, 0.6) is 0 Å². The van der Waals surface area contributed by atoms with Crippen LogP contribution in [-0.4, -0.2) is 46.1 Å². The molecular formula is C19H26N8. The average molecular weight is 366 g/mol. The summed E-state index contributed by atoms with van der Waals surface area (Å²) in [5.74, 6) is 1.30. The Kier molecular flexibility index (Phi) is 4.81. The molecule has 0 bridgehead atoms. The van der Waals surface area contributed by atoms with Crippen molar-refractivity contribution in [1.82, 2.24) is 19.9 Å². The Bertz CT molecular complexity index is 894. The van der Waals surface area contributed by atoms with Crippen LogP contribution in [0, 0.1) is 0 Å². The molecule has 1 fully saturated rings. The lowest BCUT2D eigenvalue weighted by Gasteiger charge is -2.26. The fraction of sp³-hybridized carbons (Fsp3) is 0.421. The molecular weight excluding hydrogens is 340 g/mol. The molecule has 142 valence electrons. The summed E-state index contributed by atoms with van der Waals surface area (Å²) in [6.45, 7) is 0. The van der Waals surface area contributed by atoms with E-state index in [0.29, 0.717) is 29.5 Å². The van der Waals surface area contributed by atoms with Crippen LogP contribution < -0.4 is 21.3 Å². The van der Waals surface area contributed by atoms with Gasteiger partial charge in [0.1, 0.15) is 0 Å². The van der Waals surface area contributed by atoms with Crippen molar-refractivity contribution in [2.24, 2.45) is 5.73 Å². The molecule has 2 aromatic heterocycles. The highest BCUT2D eigenvalue weighted by molar-refractivity contribution is 5.86. The van der Waals surface area contributed by atoms with Crippen molar-refractivity contribution in [2.45, 2.75) is 37.8 Å². The average Bonchev–Trinajstić information content (AvgIpc) is 3.13. The quantitative estimate of drug-likeness (QED) is 0.550. The highest BCUT2D eigenvalue weighted by Gasteiger charge is 2.20.